The van der Waals surface area contributed by atoms with Crippen molar-refractivity contribution in [2.45, 2.75) is 45.7 Å². The van der Waals surface area contributed by atoms with E-state index in [0.717, 1.165) is 0 Å². The van der Waals surface area contributed by atoms with E-state index in [9.17, 15) is 9.90 Å². The van der Waals surface area contributed by atoms with Crippen molar-refractivity contribution in [3.63, 3.8) is 0 Å². The van der Waals surface area contributed by atoms with Gasteiger partial charge in [-0.15, -0.1) is 0 Å². The Hall–Kier alpha value is -0.610. The molecule has 4 nitrogen and oxygen atoms in total. The van der Waals surface area contributed by atoms with Crippen LogP contribution in [0, 0.1) is 0 Å². The van der Waals surface area contributed by atoms with Gasteiger partial charge < -0.3 is 9.84 Å². The largest absolute Gasteiger partial charge is 0.466 e. The van der Waals surface area contributed by atoms with E-state index in [-0.39, 0.29) is 24.2 Å². The molecule has 0 aliphatic carbocycles. The number of aliphatic hydroxyl groups excluding tert-OH is 1. The molecule has 0 spiro atoms. The highest BCUT2D eigenvalue weighted by Crippen LogP contribution is 2.16. The van der Waals surface area contributed by atoms with Crippen molar-refractivity contribution < 1.29 is 14.6 Å². The predicted octanol–water partition coefficient (Wildman–Crippen LogP) is 1.03. The molecule has 0 aromatic rings. The molecule has 1 atom stereocenters. The molecule has 0 aromatic heterocycles. The lowest BCUT2D eigenvalue weighted by molar-refractivity contribution is -0.144. The lowest BCUT2D eigenvalue weighted by Gasteiger charge is -2.38. The van der Waals surface area contributed by atoms with E-state index in [2.05, 4.69) is 0 Å². The van der Waals surface area contributed by atoms with Crippen molar-refractivity contribution in [3.8, 4) is 0 Å². The molecular weight excluding hydrogens is 194 g/mol. The van der Waals surface area contributed by atoms with Gasteiger partial charge in [-0.05, 0) is 34.7 Å². The van der Waals surface area contributed by atoms with Gasteiger partial charge in [0.05, 0.1) is 19.6 Å². The van der Waals surface area contributed by atoms with E-state index >= 15 is 0 Å². The van der Waals surface area contributed by atoms with E-state index in [1.165, 1.54) is 0 Å². The first kappa shape index (κ1) is 14.4. The third-order valence-corrected chi connectivity index (χ3v) is 2.77. The van der Waals surface area contributed by atoms with Gasteiger partial charge in [0.15, 0.2) is 0 Å². The monoisotopic (exact) mass is 217 g/mol. The van der Waals surface area contributed by atoms with Crippen LogP contribution in [0.2, 0.25) is 0 Å². The van der Waals surface area contributed by atoms with Crippen LogP contribution in [0.1, 0.15) is 34.1 Å². The average molecular weight is 217 g/mol. The zero-order valence-corrected chi connectivity index (χ0v) is 10.4. The number of nitrogens with zero attached hydrogens (tertiary/aromatic N) is 1. The smallest absolute Gasteiger partial charge is 0.307 e. The molecule has 0 fully saturated rings. The number of hydrogen-bond acceptors (Lipinski definition) is 4. The summed E-state index contributed by atoms with van der Waals surface area (Å²) in [5.41, 5.74) is -0.314. The maximum atomic E-state index is 11.3. The van der Waals surface area contributed by atoms with Gasteiger partial charge in [0, 0.05) is 11.6 Å². The summed E-state index contributed by atoms with van der Waals surface area (Å²) < 4.78 is 4.88. The van der Waals surface area contributed by atoms with Gasteiger partial charge in [-0.25, -0.2) is 0 Å². The summed E-state index contributed by atoms with van der Waals surface area (Å²) >= 11 is 0. The molecular formula is C11H23NO3. The fourth-order valence-corrected chi connectivity index (χ4v) is 1.31. The van der Waals surface area contributed by atoms with Crippen molar-refractivity contribution in [2.75, 3.05) is 20.3 Å². The Balaban J connectivity index is 4.20. The molecule has 0 aromatic carbocycles. The summed E-state index contributed by atoms with van der Waals surface area (Å²) in [6.07, 6.45) is 0.355. The van der Waals surface area contributed by atoms with E-state index in [4.69, 9.17) is 4.74 Å². The quantitative estimate of drug-likeness (QED) is 0.675. The molecule has 0 heterocycles. The minimum atomic E-state index is -0.314. The highest BCUT2D eigenvalue weighted by atomic mass is 16.5. The second kappa shape index (κ2) is 6.08. The highest BCUT2D eigenvalue weighted by molar-refractivity contribution is 5.70. The van der Waals surface area contributed by atoms with E-state index in [1.807, 2.05) is 32.7 Å². The average Bonchev–Trinajstić information content (AvgIpc) is 2.16. The van der Waals surface area contributed by atoms with Crippen molar-refractivity contribution in [1.82, 2.24) is 4.90 Å². The number of carbonyl (C=O) groups is 1. The summed E-state index contributed by atoms with van der Waals surface area (Å²) in [6, 6.07) is 0.0613. The van der Waals surface area contributed by atoms with E-state index in [0.29, 0.717) is 13.0 Å². The Morgan fingerprint density at radius 2 is 2.07 bits per heavy atom. The van der Waals surface area contributed by atoms with Crippen LogP contribution in [0.15, 0.2) is 0 Å². The molecule has 0 radical (unpaired) electrons. The second-order valence-corrected chi connectivity index (χ2v) is 4.44. The van der Waals surface area contributed by atoms with Crippen LogP contribution in [-0.4, -0.2) is 47.8 Å². The van der Waals surface area contributed by atoms with Crippen LogP contribution >= 0.6 is 0 Å². The molecule has 90 valence electrons. The summed E-state index contributed by atoms with van der Waals surface area (Å²) in [7, 11) is 1.90. The van der Waals surface area contributed by atoms with Crippen molar-refractivity contribution in [2.24, 2.45) is 0 Å². The minimum Gasteiger partial charge on any atom is -0.466 e. The van der Waals surface area contributed by atoms with Gasteiger partial charge in [-0.3, -0.25) is 9.69 Å². The molecule has 1 unspecified atom stereocenters. The Morgan fingerprint density at radius 3 is 2.47 bits per heavy atom. The zero-order chi connectivity index (χ0) is 12.1. The zero-order valence-electron chi connectivity index (χ0n) is 10.4. The minimum absolute atomic E-state index is 0.0613. The molecule has 0 aliphatic rings. The summed E-state index contributed by atoms with van der Waals surface area (Å²) in [6.45, 7) is 8.11. The number of likely N-dealkylation sites (N-methyl/N-ethyl adjacent to an activating group) is 1. The molecule has 1 N–H and O–H groups in total. The number of hydrogen-bond donors (Lipinski definition) is 1. The fraction of sp³-hybridized carbons (Fsp3) is 0.909. The summed E-state index contributed by atoms with van der Waals surface area (Å²) in [5.74, 6) is -0.189. The second-order valence-electron chi connectivity index (χ2n) is 4.44. The van der Waals surface area contributed by atoms with Crippen molar-refractivity contribution in [1.29, 1.82) is 0 Å². The Bertz CT molecular complexity index is 204. The first-order chi connectivity index (χ1) is 6.85. The Kier molecular flexibility index (Phi) is 5.83. The molecule has 0 amide bonds. The molecule has 0 aliphatic heterocycles. The third-order valence-electron chi connectivity index (χ3n) is 2.77. The topological polar surface area (TPSA) is 49.8 Å². The van der Waals surface area contributed by atoms with Crippen LogP contribution in [-0.2, 0) is 9.53 Å². The van der Waals surface area contributed by atoms with Gasteiger partial charge in [0.25, 0.3) is 0 Å². The summed E-state index contributed by atoms with van der Waals surface area (Å²) in [5, 5.41) is 9.19. The van der Waals surface area contributed by atoms with E-state index in [1.54, 1.807) is 6.92 Å². The standard InChI is InChI=1S/C11H23NO3/c1-6-15-10(14)7-9(2)12(5)11(3,4)8-13/h9,13H,6-8H2,1-5H3. The highest BCUT2D eigenvalue weighted by Gasteiger charge is 2.27. The number of carbonyl (C=O) groups excluding carboxylic acids is 1. The number of ether oxygens (including phenoxy) is 1. The van der Waals surface area contributed by atoms with Gasteiger partial charge in [-0.2, -0.15) is 0 Å². The van der Waals surface area contributed by atoms with Crippen LogP contribution < -0.4 is 0 Å². The van der Waals surface area contributed by atoms with Crippen LogP contribution in [0.3, 0.4) is 0 Å². The fourth-order valence-electron chi connectivity index (χ4n) is 1.31. The van der Waals surface area contributed by atoms with Crippen LogP contribution in [0.25, 0.3) is 0 Å². The van der Waals surface area contributed by atoms with Crippen molar-refractivity contribution >= 4 is 5.97 Å². The Morgan fingerprint density at radius 1 is 1.53 bits per heavy atom. The number of esters is 1. The number of aliphatic hydroxyl groups is 1. The van der Waals surface area contributed by atoms with Gasteiger partial charge in [0.1, 0.15) is 0 Å². The molecule has 0 rings (SSSR count). The summed E-state index contributed by atoms with van der Waals surface area (Å²) in [4.78, 5) is 13.3. The normalized spacial score (nSPS) is 14.1. The van der Waals surface area contributed by atoms with Gasteiger partial charge in [-0.1, -0.05) is 0 Å². The maximum Gasteiger partial charge on any atom is 0.307 e. The van der Waals surface area contributed by atoms with Gasteiger partial charge >= 0.3 is 5.97 Å². The lowest BCUT2D eigenvalue weighted by atomic mass is 10.0. The first-order valence-electron chi connectivity index (χ1n) is 5.34. The molecule has 0 bridgehead atoms. The predicted molar refractivity (Wildman–Crippen MR) is 59.6 cm³/mol. The molecule has 15 heavy (non-hydrogen) atoms. The first-order valence-corrected chi connectivity index (χ1v) is 5.34. The van der Waals surface area contributed by atoms with Crippen LogP contribution in [0.4, 0.5) is 0 Å². The molecule has 0 saturated carbocycles. The number of rotatable bonds is 6. The van der Waals surface area contributed by atoms with E-state index < -0.39 is 0 Å². The van der Waals surface area contributed by atoms with Crippen molar-refractivity contribution in [3.05, 3.63) is 0 Å². The molecule has 4 heteroatoms. The molecule has 0 saturated heterocycles. The van der Waals surface area contributed by atoms with Crippen LogP contribution in [0.5, 0.6) is 0 Å². The SMILES string of the molecule is CCOC(=O)CC(C)N(C)C(C)(C)CO. The Labute approximate surface area is 92.2 Å². The third kappa shape index (κ3) is 4.62. The maximum absolute atomic E-state index is 11.3. The van der Waals surface area contributed by atoms with Gasteiger partial charge in [0.2, 0.25) is 0 Å². The lowest BCUT2D eigenvalue weighted by Crippen LogP contribution is -2.49.